The van der Waals surface area contributed by atoms with E-state index in [1.165, 1.54) is 0 Å². The Morgan fingerprint density at radius 1 is 1.41 bits per heavy atom. The van der Waals surface area contributed by atoms with Crippen LogP contribution in [0.3, 0.4) is 0 Å². The van der Waals surface area contributed by atoms with Crippen molar-refractivity contribution in [1.82, 2.24) is 5.32 Å². The molecule has 0 saturated heterocycles. The molecule has 1 aliphatic rings. The third kappa shape index (κ3) is 5.48. The summed E-state index contributed by atoms with van der Waals surface area (Å²) >= 11 is 0. The quantitative estimate of drug-likeness (QED) is 0.514. The summed E-state index contributed by atoms with van der Waals surface area (Å²) in [4.78, 5) is 25.7. The molecule has 0 aromatic carbocycles. The molecule has 98 valence electrons. The van der Waals surface area contributed by atoms with Crippen LogP contribution in [0.1, 0.15) is 32.1 Å². The average molecular weight is 245 g/mol. The van der Waals surface area contributed by atoms with Crippen LogP contribution >= 0.6 is 0 Å². The molecule has 0 spiro atoms. The van der Waals surface area contributed by atoms with E-state index in [2.05, 4.69) is 10.2 Å². The summed E-state index contributed by atoms with van der Waals surface area (Å²) in [7, 11) is 0. The molecule has 0 bridgehead atoms. The normalized spacial score (nSPS) is 24.1. The van der Waals surface area contributed by atoms with E-state index in [0.29, 0.717) is 13.0 Å². The molecule has 0 aliphatic heterocycles. The summed E-state index contributed by atoms with van der Waals surface area (Å²) in [6.07, 6.45) is 3.75. The number of hydrogen-bond acceptors (Lipinski definition) is 5. The summed E-state index contributed by atoms with van der Waals surface area (Å²) in [6, 6.07) is 0.181. The molecule has 1 amide bonds. The number of nitrogens with one attached hydrogen (secondary N) is 1. The van der Waals surface area contributed by atoms with Crippen molar-refractivity contribution in [2.75, 3.05) is 13.2 Å². The molecule has 7 nitrogen and oxygen atoms in total. The maximum Gasteiger partial charge on any atom is 0.294 e. The van der Waals surface area contributed by atoms with Crippen LogP contribution in [0.2, 0.25) is 0 Å². The minimum absolute atomic E-state index is 0.0162. The second-order valence-electron chi connectivity index (χ2n) is 4.34. The van der Waals surface area contributed by atoms with Crippen molar-refractivity contribution in [3.8, 4) is 0 Å². The van der Waals surface area contributed by atoms with Crippen molar-refractivity contribution in [2.24, 2.45) is 11.7 Å². The lowest BCUT2D eigenvalue weighted by molar-refractivity contribution is -0.759. The monoisotopic (exact) mass is 245 g/mol. The Bertz CT molecular complexity index is 264. The van der Waals surface area contributed by atoms with Crippen molar-refractivity contribution in [3.63, 3.8) is 0 Å². The van der Waals surface area contributed by atoms with E-state index < -0.39 is 5.09 Å². The second kappa shape index (κ2) is 7.05. The second-order valence-corrected chi connectivity index (χ2v) is 4.34. The van der Waals surface area contributed by atoms with Crippen molar-refractivity contribution in [1.29, 1.82) is 0 Å². The van der Waals surface area contributed by atoms with Gasteiger partial charge in [0, 0.05) is 19.0 Å². The zero-order valence-electron chi connectivity index (χ0n) is 9.76. The number of hydrogen-bond donors (Lipinski definition) is 2. The summed E-state index contributed by atoms with van der Waals surface area (Å²) < 4.78 is 0. The van der Waals surface area contributed by atoms with Crippen LogP contribution in [0.5, 0.6) is 0 Å². The largest absolute Gasteiger partial charge is 0.353 e. The van der Waals surface area contributed by atoms with Crippen LogP contribution in [-0.2, 0) is 9.63 Å². The van der Waals surface area contributed by atoms with E-state index >= 15 is 0 Å². The van der Waals surface area contributed by atoms with E-state index in [0.717, 1.165) is 25.7 Å². The van der Waals surface area contributed by atoms with E-state index in [1.807, 2.05) is 0 Å². The third-order valence-electron chi connectivity index (χ3n) is 3.00. The lowest BCUT2D eigenvalue weighted by atomic mass is 9.86. The maximum atomic E-state index is 11.3. The van der Waals surface area contributed by atoms with E-state index in [4.69, 9.17) is 5.73 Å². The first-order chi connectivity index (χ1) is 8.11. The molecule has 0 aromatic rings. The van der Waals surface area contributed by atoms with Gasteiger partial charge in [-0.15, -0.1) is 10.1 Å². The summed E-state index contributed by atoms with van der Waals surface area (Å²) in [5.41, 5.74) is 5.28. The first-order valence-corrected chi connectivity index (χ1v) is 5.88. The standard InChI is InChI=1S/C10H19N3O4/c11-6-5-10(14)12-9-3-1-8(2-4-9)7-17-13(15)16/h8-9H,1-7,11H2,(H,12,14)/t8-,9-. The molecule has 1 aliphatic carbocycles. The van der Waals surface area contributed by atoms with Crippen molar-refractivity contribution in [3.05, 3.63) is 10.1 Å². The third-order valence-corrected chi connectivity index (χ3v) is 3.00. The predicted octanol–water partition coefficient (Wildman–Crippen LogP) is 0.219. The molecule has 17 heavy (non-hydrogen) atoms. The Labute approximate surface area is 99.8 Å². The topological polar surface area (TPSA) is 107 Å². The molecule has 3 N–H and O–H groups in total. The molecule has 7 heteroatoms. The van der Waals surface area contributed by atoms with E-state index in [1.54, 1.807) is 0 Å². The lowest BCUT2D eigenvalue weighted by Crippen LogP contribution is -2.38. The van der Waals surface area contributed by atoms with Gasteiger partial charge in [-0.05, 0) is 31.6 Å². The highest BCUT2D eigenvalue weighted by Crippen LogP contribution is 2.24. The number of carbonyl (C=O) groups excluding carboxylic acids is 1. The highest BCUT2D eigenvalue weighted by Gasteiger charge is 2.22. The van der Waals surface area contributed by atoms with Crippen molar-refractivity contribution < 1.29 is 14.7 Å². The van der Waals surface area contributed by atoms with Gasteiger partial charge in [-0.25, -0.2) is 0 Å². The molecule has 1 saturated carbocycles. The Hall–Kier alpha value is -1.37. The first-order valence-electron chi connectivity index (χ1n) is 5.88. The Balaban J connectivity index is 2.17. The molecule has 1 rings (SSSR count). The fourth-order valence-electron chi connectivity index (χ4n) is 2.07. The highest BCUT2D eigenvalue weighted by molar-refractivity contribution is 5.76. The molecule has 0 radical (unpaired) electrons. The van der Waals surface area contributed by atoms with Crippen LogP contribution in [0.4, 0.5) is 0 Å². The van der Waals surface area contributed by atoms with E-state index in [-0.39, 0.29) is 24.5 Å². The molecule has 0 unspecified atom stereocenters. The van der Waals surface area contributed by atoms with Gasteiger partial charge in [0.2, 0.25) is 5.91 Å². The van der Waals surface area contributed by atoms with E-state index in [9.17, 15) is 14.9 Å². The smallest absolute Gasteiger partial charge is 0.294 e. The number of nitrogens with two attached hydrogens (primary N) is 1. The number of amides is 1. The van der Waals surface area contributed by atoms with Crippen LogP contribution in [0, 0.1) is 16.0 Å². The first kappa shape index (κ1) is 13.7. The number of rotatable bonds is 6. The van der Waals surface area contributed by atoms with Gasteiger partial charge in [-0.2, -0.15) is 0 Å². The van der Waals surface area contributed by atoms with Gasteiger partial charge in [0.15, 0.2) is 0 Å². The summed E-state index contributed by atoms with van der Waals surface area (Å²) in [6.45, 7) is 0.522. The fourth-order valence-corrected chi connectivity index (χ4v) is 2.07. The van der Waals surface area contributed by atoms with Crippen LogP contribution < -0.4 is 11.1 Å². The average Bonchev–Trinajstić information content (AvgIpc) is 2.28. The van der Waals surface area contributed by atoms with Gasteiger partial charge >= 0.3 is 0 Å². The fraction of sp³-hybridized carbons (Fsp3) is 0.900. The molecular weight excluding hydrogens is 226 g/mol. The van der Waals surface area contributed by atoms with Gasteiger partial charge < -0.3 is 15.9 Å². The zero-order chi connectivity index (χ0) is 12.7. The van der Waals surface area contributed by atoms with Gasteiger partial charge in [-0.3, -0.25) is 4.79 Å². The zero-order valence-corrected chi connectivity index (χ0v) is 9.76. The minimum atomic E-state index is -0.755. The van der Waals surface area contributed by atoms with Crippen molar-refractivity contribution >= 4 is 5.91 Å². The minimum Gasteiger partial charge on any atom is -0.353 e. The van der Waals surface area contributed by atoms with Gasteiger partial charge in [0.1, 0.15) is 0 Å². The number of nitrogens with zero attached hydrogens (tertiary/aromatic N) is 1. The van der Waals surface area contributed by atoms with Gasteiger partial charge in [0.25, 0.3) is 5.09 Å². The molecular formula is C10H19N3O4. The Morgan fingerprint density at radius 2 is 2.06 bits per heavy atom. The maximum absolute atomic E-state index is 11.3. The lowest BCUT2D eigenvalue weighted by Gasteiger charge is -2.28. The van der Waals surface area contributed by atoms with Gasteiger partial charge in [0.05, 0.1) is 6.61 Å². The predicted molar refractivity (Wildman–Crippen MR) is 60.5 cm³/mol. The van der Waals surface area contributed by atoms with Crippen LogP contribution in [0.25, 0.3) is 0 Å². The molecule has 0 atom stereocenters. The SMILES string of the molecule is NCCC(=O)N[C@H]1CC[C@H](CO[N+](=O)[O-])CC1. The molecule has 0 aromatic heterocycles. The highest BCUT2D eigenvalue weighted by atomic mass is 16.9. The Kier molecular flexibility index (Phi) is 5.68. The number of carbonyl (C=O) groups is 1. The summed E-state index contributed by atoms with van der Waals surface area (Å²) in [5, 5.41) is 12.2. The summed E-state index contributed by atoms with van der Waals surface area (Å²) in [5.74, 6) is 0.209. The molecule has 0 heterocycles. The van der Waals surface area contributed by atoms with Crippen LogP contribution in [0.15, 0.2) is 0 Å². The van der Waals surface area contributed by atoms with Crippen molar-refractivity contribution in [2.45, 2.75) is 38.1 Å². The Morgan fingerprint density at radius 3 is 2.59 bits per heavy atom. The van der Waals surface area contributed by atoms with Gasteiger partial charge in [-0.1, -0.05) is 0 Å². The van der Waals surface area contributed by atoms with Crippen LogP contribution in [-0.4, -0.2) is 30.2 Å². The molecule has 1 fully saturated rings.